The molecule has 0 saturated carbocycles. The molecule has 4 rings (SSSR count). The van der Waals surface area contributed by atoms with Crippen LogP contribution in [0.2, 0.25) is 0 Å². The van der Waals surface area contributed by atoms with Crippen LogP contribution in [0.3, 0.4) is 0 Å². The molecular weight excluding hydrogens is 398 g/mol. The Morgan fingerprint density at radius 3 is 2.52 bits per heavy atom. The Hall–Kier alpha value is -3.16. The number of nitrogens with zero attached hydrogens (tertiary/aromatic N) is 3. The predicted octanol–water partition coefficient (Wildman–Crippen LogP) is 2.10. The highest BCUT2D eigenvalue weighted by Gasteiger charge is 2.61. The molecule has 1 aromatic rings. The van der Waals surface area contributed by atoms with Gasteiger partial charge in [-0.1, -0.05) is 31.1 Å². The number of hydrogen-bond donors (Lipinski definition) is 0. The number of esters is 1. The van der Waals surface area contributed by atoms with Crippen LogP contribution >= 0.6 is 0 Å². The molecule has 0 spiro atoms. The van der Waals surface area contributed by atoms with Crippen molar-refractivity contribution in [2.45, 2.75) is 44.2 Å². The van der Waals surface area contributed by atoms with E-state index in [1.54, 1.807) is 29.2 Å². The molecule has 8 nitrogen and oxygen atoms in total. The summed E-state index contributed by atoms with van der Waals surface area (Å²) >= 11 is 0. The van der Waals surface area contributed by atoms with E-state index in [2.05, 4.69) is 6.58 Å². The lowest BCUT2D eigenvalue weighted by atomic mass is 9.96. The minimum Gasteiger partial charge on any atom is -0.452 e. The van der Waals surface area contributed by atoms with Crippen LogP contribution in [-0.2, 0) is 19.1 Å². The molecule has 2 saturated heterocycles. The van der Waals surface area contributed by atoms with E-state index in [4.69, 9.17) is 4.74 Å². The van der Waals surface area contributed by atoms with Crippen molar-refractivity contribution in [2.75, 3.05) is 31.1 Å². The largest absolute Gasteiger partial charge is 0.452 e. The Morgan fingerprint density at radius 2 is 1.81 bits per heavy atom. The monoisotopic (exact) mass is 425 g/mol. The van der Waals surface area contributed by atoms with E-state index in [-0.39, 0.29) is 37.1 Å². The van der Waals surface area contributed by atoms with Crippen molar-refractivity contribution in [3.63, 3.8) is 0 Å². The lowest BCUT2D eigenvalue weighted by Gasteiger charge is -2.48. The van der Waals surface area contributed by atoms with Gasteiger partial charge in [-0.3, -0.25) is 19.3 Å². The van der Waals surface area contributed by atoms with E-state index in [0.717, 1.165) is 25.7 Å². The summed E-state index contributed by atoms with van der Waals surface area (Å²) in [5.41, 5.74) is -0.856. The van der Waals surface area contributed by atoms with Crippen molar-refractivity contribution in [3.8, 4) is 0 Å². The standard InChI is InChI=1S/C23H27N3O5/c1-2-13-25-21(29)17-9-5-6-10-18(17)26-19(27)11-12-23(25,26)22(30)31-16-20(28)24-14-7-3-4-8-15-24/h2,5-6,9-10H,1,3-4,7-8,11-16H2/t23-/m0/s1. The molecule has 0 aliphatic carbocycles. The molecule has 3 heterocycles. The zero-order valence-electron chi connectivity index (χ0n) is 17.5. The normalized spacial score (nSPS) is 23.2. The molecule has 1 atom stereocenters. The molecule has 1 aromatic carbocycles. The first-order chi connectivity index (χ1) is 15.0. The van der Waals surface area contributed by atoms with Gasteiger partial charge in [-0.15, -0.1) is 6.58 Å². The molecule has 0 unspecified atom stereocenters. The minimum absolute atomic E-state index is 0.0755. The topological polar surface area (TPSA) is 87.2 Å². The van der Waals surface area contributed by atoms with Gasteiger partial charge in [-0.25, -0.2) is 4.79 Å². The number of ether oxygens (including phenoxy) is 1. The van der Waals surface area contributed by atoms with Crippen molar-refractivity contribution in [3.05, 3.63) is 42.5 Å². The number of carbonyl (C=O) groups is 4. The number of para-hydroxylation sites is 1. The van der Waals surface area contributed by atoms with Crippen LogP contribution in [0.5, 0.6) is 0 Å². The van der Waals surface area contributed by atoms with Gasteiger partial charge in [0.1, 0.15) is 0 Å². The second kappa shape index (κ2) is 8.53. The molecule has 0 aromatic heterocycles. The number of likely N-dealkylation sites (tertiary alicyclic amines) is 1. The predicted molar refractivity (Wildman–Crippen MR) is 113 cm³/mol. The number of amides is 3. The number of carbonyl (C=O) groups excluding carboxylic acids is 4. The van der Waals surface area contributed by atoms with Gasteiger partial charge >= 0.3 is 5.97 Å². The van der Waals surface area contributed by atoms with Gasteiger partial charge in [0.2, 0.25) is 11.6 Å². The van der Waals surface area contributed by atoms with Gasteiger partial charge in [0.15, 0.2) is 6.61 Å². The van der Waals surface area contributed by atoms with Gasteiger partial charge in [-0.05, 0) is 25.0 Å². The van der Waals surface area contributed by atoms with E-state index in [1.165, 1.54) is 15.9 Å². The highest BCUT2D eigenvalue weighted by Crippen LogP contribution is 2.45. The first kappa shape index (κ1) is 21.1. The van der Waals surface area contributed by atoms with Crippen LogP contribution in [0.15, 0.2) is 36.9 Å². The molecule has 164 valence electrons. The fourth-order valence-corrected chi connectivity index (χ4v) is 4.78. The molecule has 0 bridgehead atoms. The molecular formula is C23H27N3O5. The van der Waals surface area contributed by atoms with Crippen molar-refractivity contribution in [1.82, 2.24) is 9.80 Å². The Bertz CT molecular complexity index is 922. The lowest BCUT2D eigenvalue weighted by molar-refractivity contribution is -0.162. The highest BCUT2D eigenvalue weighted by molar-refractivity contribution is 6.15. The maximum atomic E-state index is 13.4. The van der Waals surface area contributed by atoms with Gasteiger partial charge < -0.3 is 14.5 Å². The number of benzene rings is 1. The first-order valence-corrected chi connectivity index (χ1v) is 10.8. The van der Waals surface area contributed by atoms with E-state index in [0.29, 0.717) is 24.3 Å². The molecule has 3 amide bonds. The van der Waals surface area contributed by atoms with Gasteiger partial charge in [0.05, 0.1) is 11.3 Å². The van der Waals surface area contributed by atoms with Crippen molar-refractivity contribution < 1.29 is 23.9 Å². The molecule has 8 heteroatoms. The van der Waals surface area contributed by atoms with Crippen molar-refractivity contribution in [2.24, 2.45) is 0 Å². The van der Waals surface area contributed by atoms with E-state index >= 15 is 0 Å². The average Bonchev–Trinajstić information content (AvgIpc) is 2.95. The summed E-state index contributed by atoms with van der Waals surface area (Å²) in [6.45, 7) is 4.68. The summed E-state index contributed by atoms with van der Waals surface area (Å²) < 4.78 is 5.48. The van der Waals surface area contributed by atoms with Crippen LogP contribution in [0.25, 0.3) is 0 Å². The Morgan fingerprint density at radius 1 is 1.10 bits per heavy atom. The van der Waals surface area contributed by atoms with Crippen molar-refractivity contribution in [1.29, 1.82) is 0 Å². The number of hydrogen-bond acceptors (Lipinski definition) is 5. The first-order valence-electron chi connectivity index (χ1n) is 10.8. The smallest absolute Gasteiger partial charge is 0.354 e. The summed E-state index contributed by atoms with van der Waals surface area (Å²) in [6.07, 6.45) is 5.77. The Labute approximate surface area is 181 Å². The Balaban J connectivity index is 1.63. The summed E-state index contributed by atoms with van der Waals surface area (Å²) in [4.78, 5) is 56.6. The highest BCUT2D eigenvalue weighted by atomic mass is 16.5. The SMILES string of the molecule is C=CCN1C(=O)c2ccccc2N2C(=O)CC[C@]12C(=O)OCC(=O)N1CCCCCC1. The van der Waals surface area contributed by atoms with Crippen LogP contribution in [-0.4, -0.2) is 65.4 Å². The van der Waals surface area contributed by atoms with Crippen LogP contribution in [0.4, 0.5) is 5.69 Å². The van der Waals surface area contributed by atoms with Crippen LogP contribution in [0.1, 0.15) is 48.9 Å². The van der Waals surface area contributed by atoms with E-state index in [9.17, 15) is 19.2 Å². The molecule has 2 fully saturated rings. The zero-order valence-corrected chi connectivity index (χ0v) is 17.5. The second-order valence-electron chi connectivity index (χ2n) is 8.14. The quantitative estimate of drug-likeness (QED) is 0.533. The van der Waals surface area contributed by atoms with E-state index < -0.39 is 18.2 Å². The summed E-state index contributed by atoms with van der Waals surface area (Å²) in [5.74, 6) is -1.63. The maximum absolute atomic E-state index is 13.4. The number of anilines is 1. The number of rotatable bonds is 5. The summed E-state index contributed by atoms with van der Waals surface area (Å²) in [7, 11) is 0. The van der Waals surface area contributed by atoms with Gasteiger partial charge in [-0.2, -0.15) is 0 Å². The van der Waals surface area contributed by atoms with Crippen LogP contribution in [0, 0.1) is 0 Å². The number of fused-ring (bicyclic) bond motifs is 3. The third-order valence-electron chi connectivity index (χ3n) is 6.30. The van der Waals surface area contributed by atoms with Crippen molar-refractivity contribution >= 4 is 29.4 Å². The summed E-state index contributed by atoms with van der Waals surface area (Å²) in [5, 5.41) is 0. The molecule has 3 aliphatic heterocycles. The van der Waals surface area contributed by atoms with Crippen LogP contribution < -0.4 is 4.90 Å². The molecule has 0 N–H and O–H groups in total. The van der Waals surface area contributed by atoms with Gasteiger partial charge in [0.25, 0.3) is 11.8 Å². The van der Waals surface area contributed by atoms with Gasteiger partial charge in [0, 0.05) is 32.5 Å². The summed E-state index contributed by atoms with van der Waals surface area (Å²) in [6, 6.07) is 6.73. The lowest BCUT2D eigenvalue weighted by Crippen LogP contribution is -2.68. The third kappa shape index (κ3) is 3.49. The van der Waals surface area contributed by atoms with E-state index in [1.807, 2.05) is 0 Å². The fraction of sp³-hybridized carbons (Fsp3) is 0.478. The maximum Gasteiger partial charge on any atom is 0.354 e. The minimum atomic E-state index is -1.60. The third-order valence-corrected chi connectivity index (χ3v) is 6.30. The molecule has 3 aliphatic rings. The zero-order chi connectivity index (χ0) is 22.0. The molecule has 31 heavy (non-hydrogen) atoms. The second-order valence-corrected chi connectivity index (χ2v) is 8.14. The average molecular weight is 425 g/mol. The Kier molecular flexibility index (Phi) is 5.80. The molecule has 0 radical (unpaired) electrons. The fourth-order valence-electron chi connectivity index (χ4n) is 4.78.